The number of fused-ring (bicyclic) bond motifs is 1. The summed E-state index contributed by atoms with van der Waals surface area (Å²) in [6, 6.07) is 0. The minimum absolute atomic E-state index is 0. The Hall–Kier alpha value is -1.14. The number of rotatable bonds is 3. The van der Waals surface area contributed by atoms with Crippen LogP contribution in [-0.2, 0) is 16.8 Å². The smallest absolute Gasteiger partial charge is 0.311 e. The van der Waals surface area contributed by atoms with Crippen molar-refractivity contribution < 1.29 is 14.4 Å². The third kappa shape index (κ3) is 2.86. The van der Waals surface area contributed by atoms with E-state index in [0.29, 0.717) is 24.8 Å². The van der Waals surface area contributed by atoms with Crippen molar-refractivity contribution in [1.82, 2.24) is 15.0 Å². The topological polar surface area (TPSA) is 79.5 Å². The summed E-state index contributed by atoms with van der Waals surface area (Å²) in [5.41, 5.74) is -0.682. The third-order valence-corrected chi connectivity index (χ3v) is 4.86. The van der Waals surface area contributed by atoms with Gasteiger partial charge < -0.3 is 9.63 Å². The molecule has 2 fully saturated rings. The molecule has 3 rings (SSSR count). The van der Waals surface area contributed by atoms with Crippen LogP contribution >= 0.6 is 12.4 Å². The zero-order valence-electron chi connectivity index (χ0n) is 13.3. The Kier molecular flexibility index (Phi) is 4.55. The molecular formula is C15H24ClN3O3. The molecule has 1 saturated carbocycles. The van der Waals surface area contributed by atoms with E-state index in [4.69, 9.17) is 4.52 Å². The highest BCUT2D eigenvalue weighted by molar-refractivity contribution is 5.85. The maximum absolute atomic E-state index is 11.7. The van der Waals surface area contributed by atoms with E-state index in [0.717, 1.165) is 25.8 Å². The van der Waals surface area contributed by atoms with Crippen molar-refractivity contribution in [2.24, 2.45) is 11.3 Å². The summed E-state index contributed by atoms with van der Waals surface area (Å²) >= 11 is 0. The highest BCUT2D eigenvalue weighted by atomic mass is 35.5. The predicted molar refractivity (Wildman–Crippen MR) is 82.9 cm³/mol. The van der Waals surface area contributed by atoms with Crippen LogP contribution in [0.5, 0.6) is 0 Å². The summed E-state index contributed by atoms with van der Waals surface area (Å²) < 4.78 is 5.32. The maximum Gasteiger partial charge on any atom is 0.311 e. The van der Waals surface area contributed by atoms with E-state index in [-0.39, 0.29) is 23.7 Å². The molecule has 1 aromatic heterocycles. The van der Waals surface area contributed by atoms with Crippen LogP contribution in [0.25, 0.3) is 0 Å². The molecule has 0 bridgehead atoms. The standard InChI is InChI=1S/C15H23N3O3.ClH/c1-14(2,3)12-16-11(21-17-12)8-18-7-10-5-4-6-15(10,9-18)13(19)20;/h10H,4-9H2,1-3H3,(H,19,20);1H/t10-,15+;/m0./s1. The molecular weight excluding hydrogens is 306 g/mol. The van der Waals surface area contributed by atoms with Gasteiger partial charge in [-0.05, 0) is 18.8 Å². The largest absolute Gasteiger partial charge is 0.481 e. The molecule has 1 aromatic rings. The lowest BCUT2D eigenvalue weighted by molar-refractivity contribution is -0.149. The monoisotopic (exact) mass is 329 g/mol. The Morgan fingerprint density at radius 1 is 1.50 bits per heavy atom. The Labute approximate surface area is 136 Å². The zero-order valence-corrected chi connectivity index (χ0v) is 14.2. The molecule has 6 nitrogen and oxygen atoms in total. The van der Waals surface area contributed by atoms with Gasteiger partial charge in [-0.15, -0.1) is 12.4 Å². The van der Waals surface area contributed by atoms with Crippen molar-refractivity contribution in [3.05, 3.63) is 11.7 Å². The average Bonchev–Trinajstić information content (AvgIpc) is 3.01. The van der Waals surface area contributed by atoms with E-state index < -0.39 is 11.4 Å². The minimum Gasteiger partial charge on any atom is -0.481 e. The van der Waals surface area contributed by atoms with Crippen LogP contribution in [0.4, 0.5) is 0 Å². The molecule has 1 aliphatic carbocycles. The fraction of sp³-hybridized carbons (Fsp3) is 0.800. The van der Waals surface area contributed by atoms with Gasteiger partial charge in [0.1, 0.15) is 0 Å². The van der Waals surface area contributed by atoms with Crippen LogP contribution in [0.3, 0.4) is 0 Å². The maximum atomic E-state index is 11.7. The second-order valence-corrected chi connectivity index (χ2v) is 7.48. The predicted octanol–water partition coefficient (Wildman–Crippen LogP) is 2.48. The molecule has 7 heteroatoms. The van der Waals surface area contributed by atoms with Crippen molar-refractivity contribution >= 4 is 18.4 Å². The SMILES string of the molecule is CC(C)(C)c1noc(CN2C[C@@H]3CCC[C@@]3(C(=O)O)C2)n1.Cl. The number of nitrogens with zero attached hydrogens (tertiary/aromatic N) is 3. The van der Waals surface area contributed by atoms with Gasteiger partial charge >= 0.3 is 5.97 Å². The lowest BCUT2D eigenvalue weighted by atomic mass is 9.81. The van der Waals surface area contributed by atoms with Crippen molar-refractivity contribution in [2.45, 2.75) is 52.0 Å². The van der Waals surface area contributed by atoms with Gasteiger partial charge in [-0.2, -0.15) is 4.98 Å². The quantitative estimate of drug-likeness (QED) is 0.917. The number of aliphatic carboxylic acids is 1. The highest BCUT2D eigenvalue weighted by Crippen LogP contribution is 2.49. The Bertz CT molecular complexity index is 554. The molecule has 1 aliphatic heterocycles. The number of aromatic nitrogens is 2. The number of hydrogen-bond donors (Lipinski definition) is 1. The molecule has 1 saturated heterocycles. The van der Waals surface area contributed by atoms with E-state index >= 15 is 0 Å². The van der Waals surface area contributed by atoms with Gasteiger partial charge in [-0.25, -0.2) is 0 Å². The van der Waals surface area contributed by atoms with Crippen LogP contribution in [0.15, 0.2) is 4.52 Å². The first kappa shape index (κ1) is 17.2. The second kappa shape index (κ2) is 5.81. The number of likely N-dealkylation sites (tertiary alicyclic amines) is 1. The molecule has 2 heterocycles. The molecule has 124 valence electrons. The summed E-state index contributed by atoms with van der Waals surface area (Å²) in [5, 5.41) is 13.6. The van der Waals surface area contributed by atoms with Crippen molar-refractivity contribution in [1.29, 1.82) is 0 Å². The number of carboxylic acid groups (broad SMARTS) is 1. The molecule has 2 aliphatic rings. The van der Waals surface area contributed by atoms with Gasteiger partial charge in [-0.3, -0.25) is 9.69 Å². The number of hydrogen-bond acceptors (Lipinski definition) is 5. The van der Waals surface area contributed by atoms with Crippen LogP contribution in [0.1, 0.15) is 51.7 Å². The zero-order chi connectivity index (χ0) is 15.3. The lowest BCUT2D eigenvalue weighted by Gasteiger charge is -2.23. The summed E-state index contributed by atoms with van der Waals surface area (Å²) in [5.74, 6) is 0.902. The Morgan fingerprint density at radius 2 is 2.23 bits per heavy atom. The van der Waals surface area contributed by atoms with E-state index in [1.165, 1.54) is 0 Å². The van der Waals surface area contributed by atoms with E-state index in [1.54, 1.807) is 0 Å². The highest BCUT2D eigenvalue weighted by Gasteiger charge is 2.54. The van der Waals surface area contributed by atoms with Crippen LogP contribution in [0, 0.1) is 11.3 Å². The van der Waals surface area contributed by atoms with Crippen LogP contribution < -0.4 is 0 Å². The average molecular weight is 330 g/mol. The number of halogens is 1. The summed E-state index contributed by atoms with van der Waals surface area (Å²) in [4.78, 5) is 18.3. The van der Waals surface area contributed by atoms with Gasteiger partial charge in [0, 0.05) is 18.5 Å². The first-order valence-corrected chi connectivity index (χ1v) is 7.60. The Balaban J connectivity index is 0.00000176. The third-order valence-electron chi connectivity index (χ3n) is 4.86. The lowest BCUT2D eigenvalue weighted by Crippen LogP contribution is -2.35. The first-order valence-electron chi connectivity index (χ1n) is 7.60. The van der Waals surface area contributed by atoms with E-state index in [9.17, 15) is 9.90 Å². The summed E-state index contributed by atoms with van der Waals surface area (Å²) in [7, 11) is 0. The summed E-state index contributed by atoms with van der Waals surface area (Å²) in [6.45, 7) is 8.10. The number of carbonyl (C=O) groups is 1. The first-order chi connectivity index (χ1) is 9.81. The second-order valence-electron chi connectivity index (χ2n) is 7.48. The van der Waals surface area contributed by atoms with Gasteiger partial charge in [0.15, 0.2) is 5.82 Å². The fourth-order valence-electron chi connectivity index (χ4n) is 3.68. The van der Waals surface area contributed by atoms with Crippen molar-refractivity contribution in [2.75, 3.05) is 13.1 Å². The summed E-state index contributed by atoms with van der Waals surface area (Å²) in [6.07, 6.45) is 2.83. The molecule has 22 heavy (non-hydrogen) atoms. The molecule has 0 amide bonds. The van der Waals surface area contributed by atoms with Gasteiger partial charge in [-0.1, -0.05) is 32.3 Å². The van der Waals surface area contributed by atoms with Gasteiger partial charge in [0.2, 0.25) is 5.89 Å². The molecule has 0 aromatic carbocycles. The van der Waals surface area contributed by atoms with Crippen LogP contribution in [-0.4, -0.2) is 39.2 Å². The van der Waals surface area contributed by atoms with E-state index in [1.807, 2.05) is 20.8 Å². The van der Waals surface area contributed by atoms with Crippen LogP contribution in [0.2, 0.25) is 0 Å². The van der Waals surface area contributed by atoms with Crippen molar-refractivity contribution in [3.8, 4) is 0 Å². The Morgan fingerprint density at radius 3 is 2.77 bits per heavy atom. The van der Waals surface area contributed by atoms with E-state index in [2.05, 4.69) is 15.0 Å². The molecule has 2 atom stereocenters. The van der Waals surface area contributed by atoms with Gasteiger partial charge in [0.05, 0.1) is 12.0 Å². The number of carboxylic acids is 1. The molecule has 0 radical (unpaired) electrons. The van der Waals surface area contributed by atoms with Gasteiger partial charge in [0.25, 0.3) is 0 Å². The molecule has 0 spiro atoms. The minimum atomic E-state index is -0.645. The molecule has 1 N–H and O–H groups in total. The fourth-order valence-corrected chi connectivity index (χ4v) is 3.68. The molecule has 0 unspecified atom stereocenters. The normalized spacial score (nSPS) is 28.4. The van der Waals surface area contributed by atoms with Crippen molar-refractivity contribution in [3.63, 3.8) is 0 Å².